The second-order valence-electron chi connectivity index (χ2n) is 4.10. The predicted molar refractivity (Wildman–Crippen MR) is 71.6 cm³/mol. The predicted octanol–water partition coefficient (Wildman–Crippen LogP) is 4.52. The molecule has 0 aromatic heterocycles. The molecule has 2 aromatic rings. The van der Waals surface area contributed by atoms with Crippen LogP contribution in [0, 0.1) is 6.92 Å². The highest BCUT2D eigenvalue weighted by Crippen LogP contribution is 2.26. The summed E-state index contributed by atoms with van der Waals surface area (Å²) >= 11 is 5.98. The molecule has 0 bridgehead atoms. The number of hydrogen-bond donors (Lipinski definition) is 0. The minimum Gasteiger partial charge on any atom is -0.295 e. The molecular weight excluding hydrogens is 232 g/mol. The van der Waals surface area contributed by atoms with Gasteiger partial charge in [0.2, 0.25) is 0 Å². The van der Waals surface area contributed by atoms with Crippen molar-refractivity contribution in [3.63, 3.8) is 0 Å². The maximum Gasteiger partial charge on any atom is 0.159 e. The number of hydrogen-bond acceptors (Lipinski definition) is 1. The van der Waals surface area contributed by atoms with Crippen LogP contribution in [0.5, 0.6) is 0 Å². The summed E-state index contributed by atoms with van der Waals surface area (Å²) in [5, 5.41) is 0.704. The molecule has 17 heavy (non-hydrogen) atoms. The molecule has 0 aliphatic heterocycles. The lowest BCUT2D eigenvalue weighted by Crippen LogP contribution is -1.94. The lowest BCUT2D eigenvalue weighted by molar-refractivity contribution is 0.101. The molecule has 2 heteroatoms. The summed E-state index contributed by atoms with van der Waals surface area (Å²) in [4.78, 5) is 11.4. The lowest BCUT2D eigenvalue weighted by atomic mass is 9.97. The Labute approximate surface area is 106 Å². The van der Waals surface area contributed by atoms with E-state index in [2.05, 4.69) is 0 Å². The fourth-order valence-corrected chi connectivity index (χ4v) is 2.00. The normalized spacial score (nSPS) is 10.3. The summed E-state index contributed by atoms with van der Waals surface area (Å²) < 4.78 is 0. The second-order valence-corrected chi connectivity index (χ2v) is 4.53. The van der Waals surface area contributed by atoms with Crippen LogP contribution in [0.3, 0.4) is 0 Å². The Balaban J connectivity index is 2.58. The summed E-state index contributed by atoms with van der Waals surface area (Å²) in [7, 11) is 0. The third-order valence-corrected chi connectivity index (χ3v) is 3.01. The molecule has 0 radical (unpaired) electrons. The average Bonchev–Trinajstić information content (AvgIpc) is 2.29. The Hall–Kier alpha value is -1.60. The minimum absolute atomic E-state index is 0.0771. The average molecular weight is 245 g/mol. The van der Waals surface area contributed by atoms with Crippen molar-refractivity contribution in [2.75, 3.05) is 0 Å². The number of halogens is 1. The Bertz CT molecular complexity index is 573. The van der Waals surface area contributed by atoms with Crippen LogP contribution >= 0.6 is 11.6 Å². The third kappa shape index (κ3) is 2.56. The van der Waals surface area contributed by atoms with E-state index >= 15 is 0 Å². The van der Waals surface area contributed by atoms with Gasteiger partial charge in [-0.25, -0.2) is 0 Å². The SMILES string of the molecule is CC(=O)c1ccc(C)c(-c2cccc(Cl)c2)c1. The zero-order chi connectivity index (χ0) is 12.4. The number of benzene rings is 2. The highest BCUT2D eigenvalue weighted by molar-refractivity contribution is 6.30. The molecule has 1 nitrogen and oxygen atoms in total. The maximum absolute atomic E-state index is 11.4. The van der Waals surface area contributed by atoms with E-state index in [1.165, 1.54) is 0 Å². The topological polar surface area (TPSA) is 17.1 Å². The van der Waals surface area contributed by atoms with Gasteiger partial charge in [-0.1, -0.05) is 35.9 Å². The molecule has 0 atom stereocenters. The highest BCUT2D eigenvalue weighted by atomic mass is 35.5. The van der Waals surface area contributed by atoms with Crippen LogP contribution in [0.4, 0.5) is 0 Å². The Morgan fingerprint density at radius 3 is 2.53 bits per heavy atom. The monoisotopic (exact) mass is 244 g/mol. The second kappa shape index (κ2) is 4.72. The quantitative estimate of drug-likeness (QED) is 0.710. The van der Waals surface area contributed by atoms with Gasteiger partial charge in [0.25, 0.3) is 0 Å². The molecule has 0 amide bonds. The van der Waals surface area contributed by atoms with Crippen molar-refractivity contribution >= 4 is 17.4 Å². The van der Waals surface area contributed by atoms with Gasteiger partial charge in [-0.3, -0.25) is 4.79 Å². The van der Waals surface area contributed by atoms with Gasteiger partial charge in [0, 0.05) is 10.6 Å². The molecule has 2 aromatic carbocycles. The van der Waals surface area contributed by atoms with Crippen molar-refractivity contribution in [2.24, 2.45) is 0 Å². The fourth-order valence-electron chi connectivity index (χ4n) is 1.81. The van der Waals surface area contributed by atoms with Gasteiger partial charge in [0.1, 0.15) is 0 Å². The molecule has 0 unspecified atom stereocenters. The van der Waals surface area contributed by atoms with Crippen LogP contribution in [0.15, 0.2) is 42.5 Å². The van der Waals surface area contributed by atoms with Crippen LogP contribution < -0.4 is 0 Å². The third-order valence-electron chi connectivity index (χ3n) is 2.78. The van der Waals surface area contributed by atoms with Crippen molar-refractivity contribution in [3.8, 4) is 11.1 Å². The molecule has 0 saturated carbocycles. The van der Waals surface area contributed by atoms with Gasteiger partial charge >= 0.3 is 0 Å². The van der Waals surface area contributed by atoms with Crippen LogP contribution in [0.25, 0.3) is 11.1 Å². The molecule has 86 valence electrons. The van der Waals surface area contributed by atoms with Gasteiger partial charge in [-0.05, 0) is 48.7 Å². The Morgan fingerprint density at radius 2 is 1.88 bits per heavy atom. The first-order valence-corrected chi connectivity index (χ1v) is 5.83. The van der Waals surface area contributed by atoms with Gasteiger partial charge in [-0.15, -0.1) is 0 Å². The van der Waals surface area contributed by atoms with Crippen molar-refractivity contribution in [1.82, 2.24) is 0 Å². The summed E-state index contributed by atoms with van der Waals surface area (Å²) in [6.07, 6.45) is 0. The van der Waals surface area contributed by atoms with E-state index in [4.69, 9.17) is 11.6 Å². The van der Waals surface area contributed by atoms with Crippen LogP contribution in [0.2, 0.25) is 5.02 Å². The molecule has 0 N–H and O–H groups in total. The summed E-state index contributed by atoms with van der Waals surface area (Å²) in [5.41, 5.74) is 3.96. The molecule has 0 fully saturated rings. The van der Waals surface area contributed by atoms with E-state index in [1.807, 2.05) is 49.4 Å². The van der Waals surface area contributed by atoms with Crippen molar-refractivity contribution in [1.29, 1.82) is 0 Å². The first kappa shape index (κ1) is 11.9. The van der Waals surface area contributed by atoms with E-state index in [0.717, 1.165) is 22.3 Å². The lowest BCUT2D eigenvalue weighted by Gasteiger charge is -2.08. The van der Waals surface area contributed by atoms with Crippen molar-refractivity contribution in [2.45, 2.75) is 13.8 Å². The van der Waals surface area contributed by atoms with Crippen LogP contribution in [-0.2, 0) is 0 Å². The van der Waals surface area contributed by atoms with E-state index in [9.17, 15) is 4.79 Å². The Kier molecular flexibility index (Phi) is 3.30. The number of ketones is 1. The van der Waals surface area contributed by atoms with Gasteiger partial charge in [0.05, 0.1) is 0 Å². The summed E-state index contributed by atoms with van der Waals surface area (Å²) in [6.45, 7) is 3.60. The molecule has 2 rings (SSSR count). The molecule has 0 aliphatic carbocycles. The molecular formula is C15H13ClO. The van der Waals surface area contributed by atoms with Gasteiger partial charge in [-0.2, -0.15) is 0 Å². The van der Waals surface area contributed by atoms with Gasteiger partial charge in [0.15, 0.2) is 5.78 Å². The smallest absolute Gasteiger partial charge is 0.159 e. The van der Waals surface area contributed by atoms with Crippen LogP contribution in [-0.4, -0.2) is 5.78 Å². The number of carbonyl (C=O) groups excluding carboxylic acids is 1. The molecule has 0 saturated heterocycles. The molecule has 0 heterocycles. The largest absolute Gasteiger partial charge is 0.295 e. The molecule has 0 aliphatic rings. The number of Topliss-reactive ketones (excluding diaryl/α,β-unsaturated/α-hetero) is 1. The highest BCUT2D eigenvalue weighted by Gasteiger charge is 2.06. The van der Waals surface area contributed by atoms with Gasteiger partial charge < -0.3 is 0 Å². The number of rotatable bonds is 2. The molecule has 0 spiro atoms. The number of carbonyl (C=O) groups is 1. The van der Waals surface area contributed by atoms with E-state index in [1.54, 1.807) is 6.92 Å². The Morgan fingerprint density at radius 1 is 1.12 bits per heavy atom. The zero-order valence-corrected chi connectivity index (χ0v) is 10.6. The standard InChI is InChI=1S/C15H13ClO/c1-10-6-7-12(11(2)17)9-15(10)13-4-3-5-14(16)8-13/h3-9H,1-2H3. The van der Waals surface area contributed by atoms with Crippen molar-refractivity contribution in [3.05, 3.63) is 58.6 Å². The van der Waals surface area contributed by atoms with E-state index < -0.39 is 0 Å². The maximum atomic E-state index is 11.4. The van der Waals surface area contributed by atoms with E-state index in [-0.39, 0.29) is 5.78 Å². The first-order chi connectivity index (χ1) is 8.08. The number of aryl methyl sites for hydroxylation is 1. The van der Waals surface area contributed by atoms with E-state index in [0.29, 0.717) is 5.02 Å². The summed E-state index contributed by atoms with van der Waals surface area (Å²) in [6, 6.07) is 13.4. The zero-order valence-electron chi connectivity index (χ0n) is 9.83. The fraction of sp³-hybridized carbons (Fsp3) is 0.133. The first-order valence-electron chi connectivity index (χ1n) is 5.45. The van der Waals surface area contributed by atoms with Crippen LogP contribution in [0.1, 0.15) is 22.8 Å². The van der Waals surface area contributed by atoms with Crippen molar-refractivity contribution < 1.29 is 4.79 Å². The minimum atomic E-state index is 0.0771. The summed E-state index contributed by atoms with van der Waals surface area (Å²) in [5.74, 6) is 0.0771.